The summed E-state index contributed by atoms with van der Waals surface area (Å²) in [6, 6.07) is 10.2. The summed E-state index contributed by atoms with van der Waals surface area (Å²) in [6.07, 6.45) is -0.166. The van der Waals surface area contributed by atoms with E-state index in [9.17, 15) is 23.1 Å². The molecule has 0 saturated heterocycles. The number of rotatable bonds is 5. The highest BCUT2D eigenvalue weighted by molar-refractivity contribution is 7.89. The predicted octanol–water partition coefficient (Wildman–Crippen LogP) is 1.31. The highest BCUT2D eigenvalue weighted by Crippen LogP contribution is 2.23. The van der Waals surface area contributed by atoms with Gasteiger partial charge in [0.15, 0.2) is 0 Å². The van der Waals surface area contributed by atoms with E-state index in [0.29, 0.717) is 16.5 Å². The lowest BCUT2D eigenvalue weighted by Gasteiger charge is -2.09. The number of sulfonamides is 1. The molecule has 0 aliphatic heterocycles. The van der Waals surface area contributed by atoms with Crippen LogP contribution in [0.3, 0.4) is 0 Å². The van der Waals surface area contributed by atoms with Crippen molar-refractivity contribution in [2.24, 2.45) is 5.14 Å². The molecule has 0 radical (unpaired) electrons. The number of fused-ring (bicyclic) bond motifs is 1. The average Bonchev–Trinajstić information content (AvgIpc) is 2.63. The van der Waals surface area contributed by atoms with Crippen LogP contribution >= 0.6 is 0 Å². The molecule has 1 heterocycles. The summed E-state index contributed by atoms with van der Waals surface area (Å²) in [7, 11) is -3.77. The lowest BCUT2D eigenvalue weighted by Crippen LogP contribution is -2.27. The van der Waals surface area contributed by atoms with Gasteiger partial charge in [0.25, 0.3) is 0 Å². The number of amides is 1. The molecule has 0 atom stereocenters. The van der Waals surface area contributed by atoms with Crippen molar-refractivity contribution in [2.75, 3.05) is 0 Å². The zero-order valence-electron chi connectivity index (χ0n) is 14.9. The number of carbonyl (C=O) groups is 1. The molecule has 0 spiro atoms. The van der Waals surface area contributed by atoms with E-state index in [4.69, 9.17) is 9.56 Å². The zero-order chi connectivity index (χ0) is 20.5. The number of nitrogens with two attached hydrogens (primary N) is 1. The van der Waals surface area contributed by atoms with Crippen LogP contribution in [0, 0.1) is 6.92 Å². The van der Waals surface area contributed by atoms with Crippen molar-refractivity contribution in [1.29, 1.82) is 0 Å². The van der Waals surface area contributed by atoms with Gasteiger partial charge in [-0.25, -0.2) is 18.4 Å². The fourth-order valence-corrected chi connectivity index (χ4v) is 3.32. The van der Waals surface area contributed by atoms with Crippen molar-refractivity contribution in [3.05, 3.63) is 69.6 Å². The van der Waals surface area contributed by atoms with Crippen LogP contribution in [0.25, 0.3) is 11.0 Å². The van der Waals surface area contributed by atoms with E-state index in [1.165, 1.54) is 24.3 Å². The van der Waals surface area contributed by atoms with Crippen molar-refractivity contribution in [3.8, 4) is 5.75 Å². The highest BCUT2D eigenvalue weighted by Gasteiger charge is 2.15. The molecule has 1 aromatic heterocycles. The second-order valence-corrected chi connectivity index (χ2v) is 7.88. The quantitative estimate of drug-likeness (QED) is 0.550. The number of phenolic OH excluding ortho intramolecular Hbond substituents is 1. The maximum atomic E-state index is 12.3. The number of hydrogen-bond donors (Lipinski definition) is 3. The SMILES string of the molecule is Cc1c(CC(=O)NCc2ccc(S(N)(=O)=O)cc2)c(=O)oc2cc(O)ccc12. The minimum Gasteiger partial charge on any atom is -0.508 e. The molecule has 3 rings (SSSR count). The van der Waals surface area contributed by atoms with Crippen molar-refractivity contribution >= 4 is 26.9 Å². The summed E-state index contributed by atoms with van der Waals surface area (Å²) in [4.78, 5) is 24.5. The zero-order valence-corrected chi connectivity index (χ0v) is 15.7. The number of aryl methyl sites for hydroxylation is 1. The molecule has 0 unspecified atom stereocenters. The average molecular weight is 402 g/mol. The van der Waals surface area contributed by atoms with Crippen molar-refractivity contribution in [3.63, 3.8) is 0 Å². The first-order chi connectivity index (χ1) is 13.1. The maximum Gasteiger partial charge on any atom is 0.340 e. The number of benzene rings is 2. The number of primary sulfonamides is 1. The molecule has 0 bridgehead atoms. The van der Waals surface area contributed by atoms with Crippen LogP contribution < -0.4 is 16.1 Å². The molecule has 0 aliphatic rings. The van der Waals surface area contributed by atoms with Gasteiger partial charge in [0.2, 0.25) is 15.9 Å². The summed E-state index contributed by atoms with van der Waals surface area (Å²) < 4.78 is 27.7. The molecule has 3 aromatic rings. The molecule has 8 nitrogen and oxygen atoms in total. The summed E-state index contributed by atoms with van der Waals surface area (Å²) >= 11 is 0. The molecule has 4 N–H and O–H groups in total. The first kappa shape index (κ1) is 19.6. The van der Waals surface area contributed by atoms with Crippen LogP contribution in [0.4, 0.5) is 0 Å². The van der Waals surface area contributed by atoms with E-state index < -0.39 is 15.6 Å². The summed E-state index contributed by atoms with van der Waals surface area (Å²) in [5, 5.41) is 17.9. The van der Waals surface area contributed by atoms with Gasteiger partial charge >= 0.3 is 5.63 Å². The Bertz CT molecular complexity index is 1210. The van der Waals surface area contributed by atoms with Crippen LogP contribution in [0.1, 0.15) is 16.7 Å². The van der Waals surface area contributed by atoms with Crippen LogP contribution in [0.5, 0.6) is 5.75 Å². The first-order valence-electron chi connectivity index (χ1n) is 8.29. The third-order valence-electron chi connectivity index (χ3n) is 4.35. The number of hydrogen-bond acceptors (Lipinski definition) is 6. The second-order valence-electron chi connectivity index (χ2n) is 6.32. The number of carbonyl (C=O) groups excluding carboxylic acids is 1. The third kappa shape index (κ3) is 4.21. The Morgan fingerprint density at radius 2 is 1.86 bits per heavy atom. The first-order valence-corrected chi connectivity index (χ1v) is 9.83. The predicted molar refractivity (Wildman–Crippen MR) is 102 cm³/mol. The third-order valence-corrected chi connectivity index (χ3v) is 5.28. The lowest BCUT2D eigenvalue weighted by molar-refractivity contribution is -0.120. The fraction of sp³-hybridized carbons (Fsp3) is 0.158. The van der Waals surface area contributed by atoms with Gasteiger partial charge in [0.1, 0.15) is 11.3 Å². The standard InChI is InChI=1S/C19H18N2O6S/c1-11-15-7-4-13(22)8-17(15)27-19(24)16(11)9-18(23)21-10-12-2-5-14(6-3-12)28(20,25)26/h2-8,22H,9-10H2,1H3,(H,21,23)(H2,20,25,26). The Morgan fingerprint density at radius 1 is 1.18 bits per heavy atom. The Morgan fingerprint density at radius 3 is 2.50 bits per heavy atom. The smallest absolute Gasteiger partial charge is 0.340 e. The molecule has 9 heteroatoms. The van der Waals surface area contributed by atoms with Gasteiger partial charge < -0.3 is 14.8 Å². The van der Waals surface area contributed by atoms with Gasteiger partial charge in [-0.1, -0.05) is 12.1 Å². The van der Waals surface area contributed by atoms with E-state index >= 15 is 0 Å². The largest absolute Gasteiger partial charge is 0.508 e. The minimum absolute atomic E-state index is 0.0157. The lowest BCUT2D eigenvalue weighted by atomic mass is 10.0. The van der Waals surface area contributed by atoms with Crippen LogP contribution in [0.2, 0.25) is 0 Å². The van der Waals surface area contributed by atoms with E-state index in [2.05, 4.69) is 5.32 Å². The van der Waals surface area contributed by atoms with E-state index in [-0.39, 0.29) is 40.7 Å². The monoisotopic (exact) mass is 402 g/mol. The van der Waals surface area contributed by atoms with Gasteiger partial charge in [-0.2, -0.15) is 0 Å². The summed E-state index contributed by atoms with van der Waals surface area (Å²) in [6.45, 7) is 1.88. The van der Waals surface area contributed by atoms with Crippen LogP contribution in [-0.4, -0.2) is 19.4 Å². The molecule has 0 fully saturated rings. The molecule has 146 valence electrons. The van der Waals surface area contributed by atoms with Gasteiger partial charge in [-0.05, 0) is 42.3 Å². The van der Waals surface area contributed by atoms with Crippen LogP contribution in [-0.2, 0) is 27.8 Å². The summed E-state index contributed by atoms with van der Waals surface area (Å²) in [5.41, 5.74) is 1.14. The Labute approximate surface area is 160 Å². The summed E-state index contributed by atoms with van der Waals surface area (Å²) in [5.74, 6) is -0.405. The minimum atomic E-state index is -3.77. The van der Waals surface area contributed by atoms with Gasteiger partial charge in [0, 0.05) is 18.0 Å². The number of nitrogens with one attached hydrogen (secondary N) is 1. The Kier molecular flexibility index (Phi) is 5.21. The molecule has 1 amide bonds. The highest BCUT2D eigenvalue weighted by atomic mass is 32.2. The molecule has 2 aromatic carbocycles. The molecular weight excluding hydrogens is 384 g/mol. The Hall–Kier alpha value is -3.17. The molecular formula is C19H18N2O6S. The normalized spacial score (nSPS) is 11.5. The van der Waals surface area contributed by atoms with Crippen molar-refractivity contribution in [2.45, 2.75) is 24.8 Å². The van der Waals surface area contributed by atoms with Crippen molar-refractivity contribution in [1.82, 2.24) is 5.32 Å². The van der Waals surface area contributed by atoms with E-state index in [1.54, 1.807) is 25.1 Å². The number of aromatic hydroxyl groups is 1. The van der Waals surface area contributed by atoms with Gasteiger partial charge in [0.05, 0.1) is 16.9 Å². The topological polar surface area (TPSA) is 140 Å². The fourth-order valence-electron chi connectivity index (χ4n) is 2.81. The van der Waals surface area contributed by atoms with E-state index in [0.717, 1.165) is 0 Å². The molecule has 0 saturated carbocycles. The van der Waals surface area contributed by atoms with Crippen LogP contribution in [0.15, 0.2) is 56.6 Å². The molecule has 28 heavy (non-hydrogen) atoms. The second kappa shape index (κ2) is 7.45. The van der Waals surface area contributed by atoms with Gasteiger partial charge in [-0.3, -0.25) is 4.79 Å². The Balaban J connectivity index is 1.73. The van der Waals surface area contributed by atoms with E-state index in [1.807, 2.05) is 0 Å². The molecule has 0 aliphatic carbocycles. The maximum absolute atomic E-state index is 12.3. The van der Waals surface area contributed by atoms with Gasteiger partial charge in [-0.15, -0.1) is 0 Å². The van der Waals surface area contributed by atoms with Crippen molar-refractivity contribution < 1.29 is 22.7 Å². The number of phenols is 1.